The number of hydrogen-bond donors (Lipinski definition) is 3. The number of hydrogen-bond acceptors (Lipinski definition) is 5. The Labute approximate surface area is 176 Å². The van der Waals surface area contributed by atoms with E-state index in [9.17, 15) is 14.7 Å². The summed E-state index contributed by atoms with van der Waals surface area (Å²) in [5, 5.41) is 14.6. The van der Waals surface area contributed by atoms with Crippen LogP contribution in [0.25, 0.3) is 10.2 Å². The lowest BCUT2D eigenvalue weighted by Crippen LogP contribution is -2.23. The molecule has 1 atom stereocenters. The van der Waals surface area contributed by atoms with Gasteiger partial charge in [-0.3, -0.25) is 9.59 Å². The van der Waals surface area contributed by atoms with Crippen LogP contribution in [0.5, 0.6) is 11.5 Å². The zero-order chi connectivity index (χ0) is 20.9. The van der Waals surface area contributed by atoms with Crippen LogP contribution in [0.1, 0.15) is 39.7 Å². The number of aromatic amines is 1. The van der Waals surface area contributed by atoms with Crippen molar-refractivity contribution in [2.75, 3.05) is 12.4 Å². The van der Waals surface area contributed by atoms with Gasteiger partial charge in [0.2, 0.25) is 0 Å². The average Bonchev–Trinajstić information content (AvgIpc) is 3.01. The molecule has 3 N–H and O–H groups in total. The fraction of sp³-hybridized carbons (Fsp3) is 0.333. The lowest BCUT2D eigenvalue weighted by Gasteiger charge is -2.18. The van der Waals surface area contributed by atoms with Crippen molar-refractivity contribution in [2.45, 2.75) is 33.1 Å². The first kappa shape index (κ1) is 19.8. The SMILES string of the molecule is COc1cc(Cl)c(C)cc1NC(=O)c1c(O)c2c3c(sc2[nH]c1=O)C[C@H](C)CC3. The molecule has 0 bridgehead atoms. The summed E-state index contributed by atoms with van der Waals surface area (Å²) in [4.78, 5) is 30.1. The molecule has 3 aromatic rings. The van der Waals surface area contributed by atoms with Gasteiger partial charge in [0.1, 0.15) is 21.9 Å². The number of rotatable bonds is 3. The summed E-state index contributed by atoms with van der Waals surface area (Å²) in [5.74, 6) is -0.0339. The van der Waals surface area contributed by atoms with Crippen LogP contribution in [-0.4, -0.2) is 23.1 Å². The third kappa shape index (κ3) is 3.38. The Kier molecular flexibility index (Phi) is 5.04. The number of aryl methyl sites for hydroxylation is 2. The number of amides is 1. The number of methoxy groups -OCH3 is 1. The van der Waals surface area contributed by atoms with Gasteiger partial charge in [0, 0.05) is 16.0 Å². The molecule has 0 radical (unpaired) electrons. The highest BCUT2D eigenvalue weighted by atomic mass is 35.5. The third-order valence-corrected chi connectivity index (χ3v) is 6.97. The molecule has 0 unspecified atom stereocenters. The minimum atomic E-state index is -0.699. The van der Waals surface area contributed by atoms with Crippen LogP contribution in [0.3, 0.4) is 0 Å². The van der Waals surface area contributed by atoms with Crippen molar-refractivity contribution >= 4 is 44.7 Å². The fourth-order valence-electron chi connectivity index (χ4n) is 3.81. The molecule has 1 aromatic carbocycles. The van der Waals surface area contributed by atoms with Crippen molar-refractivity contribution in [1.29, 1.82) is 0 Å². The first-order valence-electron chi connectivity index (χ1n) is 9.35. The van der Waals surface area contributed by atoms with Crippen molar-refractivity contribution in [1.82, 2.24) is 4.98 Å². The van der Waals surface area contributed by atoms with E-state index in [0.717, 1.165) is 35.3 Å². The second kappa shape index (κ2) is 7.39. The number of benzene rings is 1. The molecular formula is C21H21ClN2O4S. The van der Waals surface area contributed by atoms with E-state index in [2.05, 4.69) is 17.2 Å². The van der Waals surface area contributed by atoms with Gasteiger partial charge in [-0.15, -0.1) is 11.3 Å². The normalized spacial score (nSPS) is 15.9. The molecule has 2 heterocycles. The molecule has 29 heavy (non-hydrogen) atoms. The number of thiophene rings is 1. The number of aromatic nitrogens is 1. The molecule has 1 amide bonds. The van der Waals surface area contributed by atoms with Crippen LogP contribution in [0.4, 0.5) is 5.69 Å². The summed E-state index contributed by atoms with van der Waals surface area (Å²) in [6.07, 6.45) is 2.75. The molecule has 0 saturated heterocycles. The zero-order valence-corrected chi connectivity index (χ0v) is 17.9. The predicted molar refractivity (Wildman–Crippen MR) is 116 cm³/mol. The van der Waals surface area contributed by atoms with Gasteiger partial charge in [-0.05, 0) is 49.3 Å². The number of anilines is 1. The van der Waals surface area contributed by atoms with Crippen LogP contribution >= 0.6 is 22.9 Å². The smallest absolute Gasteiger partial charge is 0.265 e. The average molecular weight is 433 g/mol. The summed E-state index contributed by atoms with van der Waals surface area (Å²) in [7, 11) is 1.46. The topological polar surface area (TPSA) is 91.4 Å². The Morgan fingerprint density at radius 1 is 1.41 bits per heavy atom. The van der Waals surface area contributed by atoms with Gasteiger partial charge in [-0.25, -0.2) is 0 Å². The van der Waals surface area contributed by atoms with Gasteiger partial charge in [0.25, 0.3) is 11.5 Å². The maximum Gasteiger partial charge on any atom is 0.265 e. The molecule has 0 saturated carbocycles. The number of carbonyl (C=O) groups excluding carboxylic acids is 1. The standard InChI is InChI=1S/C21H21ClN2O4S/c1-9-4-5-11-15(6-9)29-21-16(11)18(25)17(20(27)24-21)19(26)23-13-7-10(2)12(22)8-14(13)28-3/h7-9H,4-6H2,1-3H3,(H,23,26)(H2,24,25,27)/t9-/m1/s1. The molecule has 1 aliphatic rings. The number of fused-ring (bicyclic) bond motifs is 3. The van der Waals surface area contributed by atoms with Gasteiger partial charge in [-0.1, -0.05) is 18.5 Å². The Morgan fingerprint density at radius 2 is 2.17 bits per heavy atom. The summed E-state index contributed by atoms with van der Waals surface area (Å²) in [5.41, 5.74) is 1.23. The Hall–Kier alpha value is -2.51. The van der Waals surface area contributed by atoms with Gasteiger partial charge < -0.3 is 20.1 Å². The van der Waals surface area contributed by atoms with E-state index in [1.807, 2.05) is 0 Å². The number of H-pyrrole nitrogens is 1. The monoisotopic (exact) mass is 432 g/mol. The summed E-state index contributed by atoms with van der Waals surface area (Å²) in [6, 6.07) is 3.26. The molecule has 0 spiro atoms. The van der Waals surface area contributed by atoms with Crippen molar-refractivity contribution in [3.05, 3.63) is 49.1 Å². The Balaban J connectivity index is 1.79. The molecule has 4 rings (SSSR count). The highest BCUT2D eigenvalue weighted by Crippen LogP contribution is 2.41. The predicted octanol–water partition coefficient (Wildman–Crippen LogP) is 4.64. The molecule has 0 aliphatic heterocycles. The fourth-order valence-corrected chi connectivity index (χ4v) is 5.37. The van der Waals surface area contributed by atoms with Crippen molar-refractivity contribution in [3.8, 4) is 11.5 Å². The van der Waals surface area contributed by atoms with Crippen molar-refractivity contribution < 1.29 is 14.6 Å². The van der Waals surface area contributed by atoms with Crippen LogP contribution in [0, 0.1) is 12.8 Å². The summed E-state index contributed by atoms with van der Waals surface area (Å²) in [6.45, 7) is 3.99. The molecule has 0 fully saturated rings. The number of halogens is 1. The number of pyridine rings is 1. The largest absolute Gasteiger partial charge is 0.506 e. The number of carbonyl (C=O) groups is 1. The molecular weight excluding hydrogens is 412 g/mol. The maximum absolute atomic E-state index is 12.9. The summed E-state index contributed by atoms with van der Waals surface area (Å²) < 4.78 is 5.27. The van der Waals surface area contributed by atoms with E-state index in [0.29, 0.717) is 32.6 Å². The minimum absolute atomic E-state index is 0.266. The van der Waals surface area contributed by atoms with Crippen LogP contribution in [0.15, 0.2) is 16.9 Å². The number of aromatic hydroxyl groups is 1. The second-order valence-corrected chi connectivity index (χ2v) is 9.00. The Bertz CT molecular complexity index is 1200. The maximum atomic E-state index is 12.9. The van der Waals surface area contributed by atoms with E-state index >= 15 is 0 Å². The molecule has 2 aromatic heterocycles. The number of ether oxygens (including phenoxy) is 1. The van der Waals surface area contributed by atoms with E-state index < -0.39 is 11.5 Å². The van der Waals surface area contributed by atoms with E-state index in [1.165, 1.54) is 18.4 Å². The Morgan fingerprint density at radius 3 is 2.90 bits per heavy atom. The third-order valence-electron chi connectivity index (χ3n) is 5.40. The van der Waals surface area contributed by atoms with Crippen molar-refractivity contribution in [3.63, 3.8) is 0 Å². The van der Waals surface area contributed by atoms with Gasteiger partial charge in [0.15, 0.2) is 0 Å². The molecule has 152 valence electrons. The quantitative estimate of drug-likeness (QED) is 0.562. The first-order valence-corrected chi connectivity index (χ1v) is 10.5. The zero-order valence-electron chi connectivity index (χ0n) is 16.3. The van der Waals surface area contributed by atoms with E-state index in [-0.39, 0.29) is 11.3 Å². The van der Waals surface area contributed by atoms with Crippen molar-refractivity contribution in [2.24, 2.45) is 5.92 Å². The highest BCUT2D eigenvalue weighted by molar-refractivity contribution is 7.18. The van der Waals surface area contributed by atoms with E-state index in [4.69, 9.17) is 16.3 Å². The van der Waals surface area contributed by atoms with Gasteiger partial charge in [0.05, 0.1) is 18.2 Å². The number of nitrogens with one attached hydrogen (secondary N) is 2. The van der Waals surface area contributed by atoms with Crippen LogP contribution < -0.4 is 15.6 Å². The lowest BCUT2D eigenvalue weighted by molar-refractivity contribution is 0.102. The van der Waals surface area contributed by atoms with Crippen LogP contribution in [-0.2, 0) is 12.8 Å². The van der Waals surface area contributed by atoms with E-state index in [1.54, 1.807) is 19.1 Å². The minimum Gasteiger partial charge on any atom is -0.506 e. The highest BCUT2D eigenvalue weighted by Gasteiger charge is 2.27. The molecule has 8 heteroatoms. The molecule has 6 nitrogen and oxygen atoms in total. The van der Waals surface area contributed by atoms with Crippen LogP contribution in [0.2, 0.25) is 5.02 Å². The second-order valence-electron chi connectivity index (χ2n) is 7.49. The lowest BCUT2D eigenvalue weighted by atomic mass is 9.89. The molecule has 1 aliphatic carbocycles. The summed E-state index contributed by atoms with van der Waals surface area (Å²) >= 11 is 7.60. The van der Waals surface area contributed by atoms with Gasteiger partial charge >= 0.3 is 0 Å². The first-order chi connectivity index (χ1) is 13.8. The van der Waals surface area contributed by atoms with Gasteiger partial charge in [-0.2, -0.15) is 0 Å².